The molecule has 1 radical (unpaired) electrons. The molecule has 0 spiro atoms. The molecular formula is C15H11B2O2. The van der Waals surface area contributed by atoms with Gasteiger partial charge in [0.05, 0.1) is 0 Å². The van der Waals surface area contributed by atoms with Crippen molar-refractivity contribution in [2.75, 3.05) is 0 Å². The van der Waals surface area contributed by atoms with Crippen LogP contribution in [0.5, 0.6) is 5.75 Å². The number of rotatable bonds is 0. The van der Waals surface area contributed by atoms with Crippen LogP contribution in [-0.2, 0) is 0 Å². The Kier molecular flexibility index (Phi) is 3.50. The summed E-state index contributed by atoms with van der Waals surface area (Å²) in [6, 6.07) is 15.9. The Labute approximate surface area is 113 Å². The van der Waals surface area contributed by atoms with Gasteiger partial charge in [-0.3, -0.25) is 0 Å². The van der Waals surface area contributed by atoms with E-state index in [0.717, 1.165) is 22.3 Å². The van der Waals surface area contributed by atoms with E-state index in [4.69, 9.17) is 8.99 Å². The fraction of sp³-hybridized carbons (Fsp3) is 0. The van der Waals surface area contributed by atoms with Gasteiger partial charge in [-0.2, -0.15) is 0 Å². The van der Waals surface area contributed by atoms with Crippen molar-refractivity contribution in [2.24, 2.45) is 0 Å². The second-order valence-electron chi connectivity index (χ2n) is 4.11. The van der Waals surface area contributed by atoms with Crippen molar-refractivity contribution in [1.82, 2.24) is 0 Å². The molecule has 1 aliphatic rings. The quantitative estimate of drug-likeness (QED) is 0.566. The first kappa shape index (κ1) is 11.8. The molecule has 0 atom stereocenters. The van der Waals surface area contributed by atoms with Crippen LogP contribution in [0.1, 0.15) is 5.56 Å². The van der Waals surface area contributed by atoms with E-state index in [1.165, 1.54) is 0 Å². The molecule has 0 amide bonds. The molecule has 19 heavy (non-hydrogen) atoms. The zero-order valence-electron chi connectivity index (χ0n) is 10.3. The fourth-order valence-electron chi connectivity index (χ4n) is 1.89. The van der Waals surface area contributed by atoms with Gasteiger partial charge in [0.15, 0.2) is 0 Å². The molecule has 2 aromatic carbocycles. The number of benzene rings is 2. The van der Waals surface area contributed by atoms with Gasteiger partial charge in [0.1, 0.15) is 5.75 Å². The third kappa shape index (κ3) is 2.79. The van der Waals surface area contributed by atoms with Gasteiger partial charge in [0.2, 0.25) is 0 Å². The van der Waals surface area contributed by atoms with E-state index >= 15 is 0 Å². The summed E-state index contributed by atoms with van der Waals surface area (Å²) in [6.07, 6.45) is 2.03. The SMILES string of the molecule is [B]1C=Cc2ccccc2O1.b1cc2ccccc2o1. The number of fused-ring (bicyclic) bond motifs is 2. The third-order valence-corrected chi connectivity index (χ3v) is 2.83. The van der Waals surface area contributed by atoms with E-state index in [1.807, 2.05) is 66.5 Å². The minimum atomic E-state index is 0.935. The predicted molar refractivity (Wildman–Crippen MR) is 79.4 cm³/mol. The predicted octanol–water partition coefficient (Wildman–Crippen LogP) is 3.44. The van der Waals surface area contributed by atoms with E-state index < -0.39 is 0 Å². The van der Waals surface area contributed by atoms with E-state index in [-0.39, 0.29) is 0 Å². The third-order valence-electron chi connectivity index (χ3n) is 2.83. The molecule has 0 fully saturated rings. The Morgan fingerprint density at radius 2 is 1.74 bits per heavy atom. The van der Waals surface area contributed by atoms with Crippen LogP contribution in [0.25, 0.3) is 17.0 Å². The molecule has 1 aromatic heterocycles. The molecule has 0 saturated heterocycles. The monoisotopic (exact) mass is 245 g/mol. The van der Waals surface area contributed by atoms with Crippen molar-refractivity contribution in [2.45, 2.75) is 0 Å². The number of para-hydroxylation sites is 2. The second kappa shape index (κ2) is 5.61. The topological polar surface area (TPSA) is 22.4 Å². The van der Waals surface area contributed by atoms with Crippen molar-refractivity contribution < 1.29 is 8.99 Å². The molecule has 2 heterocycles. The summed E-state index contributed by atoms with van der Waals surface area (Å²) < 4.78 is 10.3. The summed E-state index contributed by atoms with van der Waals surface area (Å²) in [4.78, 5) is 0. The first-order valence-corrected chi connectivity index (χ1v) is 6.11. The van der Waals surface area contributed by atoms with Crippen molar-refractivity contribution in [3.8, 4) is 5.75 Å². The van der Waals surface area contributed by atoms with Gasteiger partial charge in [-0.25, -0.2) is 0 Å². The molecule has 2 nitrogen and oxygen atoms in total. The maximum absolute atomic E-state index is 5.21. The molecule has 0 unspecified atom stereocenters. The van der Waals surface area contributed by atoms with Crippen molar-refractivity contribution in [3.05, 3.63) is 66.0 Å². The van der Waals surface area contributed by atoms with Crippen LogP contribution in [0.15, 0.2) is 64.8 Å². The first-order valence-electron chi connectivity index (χ1n) is 6.11. The number of hydrogen-bond acceptors (Lipinski definition) is 2. The average Bonchev–Trinajstić information content (AvgIpc) is 2.96. The van der Waals surface area contributed by atoms with Crippen LogP contribution in [0, 0.1) is 0 Å². The Bertz CT molecular complexity index is 674. The standard InChI is InChI=1S/C8H6BO.C7H5BO/c1-2-4-8-7(3-1)5-6-9-10-8;1-2-4-7-6(3-1)5-8-9-7/h1-6H;1-5H. The molecule has 0 saturated carbocycles. The maximum atomic E-state index is 5.21. The summed E-state index contributed by atoms with van der Waals surface area (Å²) >= 11 is 0. The van der Waals surface area contributed by atoms with E-state index in [1.54, 1.807) is 14.6 Å². The van der Waals surface area contributed by atoms with Gasteiger partial charge in [0, 0.05) is 5.56 Å². The number of hydrogen-bond donors (Lipinski definition) is 0. The molecule has 1 aliphatic heterocycles. The molecule has 0 aliphatic carbocycles. The van der Waals surface area contributed by atoms with Crippen LogP contribution in [0.3, 0.4) is 0 Å². The first-order chi connectivity index (χ1) is 9.43. The van der Waals surface area contributed by atoms with Crippen LogP contribution in [0.2, 0.25) is 0 Å². The Morgan fingerprint density at radius 1 is 0.895 bits per heavy atom. The summed E-state index contributed by atoms with van der Waals surface area (Å²) in [5, 5.41) is 1.16. The van der Waals surface area contributed by atoms with Gasteiger partial charge < -0.3 is 4.65 Å². The van der Waals surface area contributed by atoms with E-state index in [2.05, 4.69) is 0 Å². The van der Waals surface area contributed by atoms with E-state index in [9.17, 15) is 0 Å². The average molecular weight is 245 g/mol. The minimum absolute atomic E-state index is 0.935. The van der Waals surface area contributed by atoms with Gasteiger partial charge in [-0.1, -0.05) is 30.3 Å². The van der Waals surface area contributed by atoms with Crippen molar-refractivity contribution in [3.63, 3.8) is 0 Å². The van der Waals surface area contributed by atoms with Crippen LogP contribution >= 0.6 is 0 Å². The van der Waals surface area contributed by atoms with Crippen LogP contribution < -0.4 is 4.65 Å². The summed E-state index contributed by atoms with van der Waals surface area (Å²) in [7, 11) is 3.38. The Hall–Kier alpha value is -2.22. The summed E-state index contributed by atoms with van der Waals surface area (Å²) in [5.41, 5.74) is 2.10. The zero-order chi connectivity index (χ0) is 12.9. The summed E-state index contributed by atoms with van der Waals surface area (Å²) in [5.74, 6) is 4.78. The van der Waals surface area contributed by atoms with Crippen molar-refractivity contribution in [1.29, 1.82) is 0 Å². The molecule has 0 bridgehead atoms. The van der Waals surface area contributed by atoms with E-state index in [0.29, 0.717) is 0 Å². The van der Waals surface area contributed by atoms with Gasteiger partial charge >= 0.3 is 60.1 Å². The summed E-state index contributed by atoms with van der Waals surface area (Å²) in [6.45, 7) is 0. The second-order valence-corrected chi connectivity index (χ2v) is 4.11. The molecule has 3 aromatic rings. The molecule has 4 rings (SSSR count). The van der Waals surface area contributed by atoms with Gasteiger partial charge in [0.25, 0.3) is 0 Å². The molecule has 89 valence electrons. The fourth-order valence-corrected chi connectivity index (χ4v) is 1.89. The van der Waals surface area contributed by atoms with Crippen molar-refractivity contribution >= 4 is 31.7 Å². The Balaban J connectivity index is 0.000000117. The molecular weight excluding hydrogens is 234 g/mol. The van der Waals surface area contributed by atoms with Gasteiger partial charge in [-0.05, 0) is 6.07 Å². The molecule has 4 heteroatoms. The Morgan fingerprint density at radius 3 is 2.63 bits per heavy atom. The van der Waals surface area contributed by atoms with Crippen LogP contribution in [0.4, 0.5) is 0 Å². The zero-order valence-corrected chi connectivity index (χ0v) is 10.3. The van der Waals surface area contributed by atoms with Crippen LogP contribution in [-0.4, -0.2) is 14.6 Å². The van der Waals surface area contributed by atoms with Gasteiger partial charge in [-0.15, -0.1) is 0 Å². The normalized spacial score (nSPS) is 11.6. The molecule has 0 N–H and O–H groups in total.